The van der Waals surface area contributed by atoms with Gasteiger partial charge in [0.25, 0.3) is 5.91 Å². The van der Waals surface area contributed by atoms with Crippen molar-refractivity contribution >= 4 is 34.0 Å². The number of aromatic nitrogens is 1. The summed E-state index contributed by atoms with van der Waals surface area (Å²) >= 11 is 7.66. The van der Waals surface area contributed by atoms with Gasteiger partial charge in [0.2, 0.25) is 0 Å². The minimum absolute atomic E-state index is 0.00477. The Bertz CT molecular complexity index is 675. The van der Waals surface area contributed by atoms with E-state index < -0.39 is 0 Å². The van der Waals surface area contributed by atoms with Gasteiger partial charge in [-0.2, -0.15) is 0 Å². The third-order valence-electron chi connectivity index (χ3n) is 4.34. The third-order valence-corrected chi connectivity index (χ3v) is 5.35. The molecule has 108 valence electrons. The number of hydrogen-bond acceptors (Lipinski definition) is 3. The fraction of sp³-hybridized carbons (Fsp3) is 0.333. The first-order chi connectivity index (χ1) is 10.3. The van der Waals surface area contributed by atoms with Crippen LogP contribution in [0, 0.1) is 0 Å². The Balaban J connectivity index is 1.82. The lowest BCUT2D eigenvalue weighted by atomic mass is 10.1. The summed E-state index contributed by atoms with van der Waals surface area (Å²) in [6.45, 7) is 1.02. The van der Waals surface area contributed by atoms with Crippen molar-refractivity contribution in [3.05, 3.63) is 46.4 Å². The Morgan fingerprint density at radius 1 is 1.43 bits per heavy atom. The van der Waals surface area contributed by atoms with E-state index in [2.05, 4.69) is 11.1 Å². The normalized spacial score (nSPS) is 28.1. The molecule has 0 saturated carbocycles. The molecule has 3 heterocycles. The molecule has 4 nitrogen and oxygen atoms in total. The molecule has 3 atom stereocenters. The molecule has 3 unspecified atom stereocenters. The van der Waals surface area contributed by atoms with Crippen LogP contribution < -0.4 is 9.80 Å². The van der Waals surface area contributed by atoms with Crippen LogP contribution in [0.15, 0.2) is 35.8 Å². The van der Waals surface area contributed by atoms with E-state index in [1.54, 1.807) is 6.20 Å². The summed E-state index contributed by atoms with van der Waals surface area (Å²) in [6.07, 6.45) is 3.82. The number of halogens is 1. The van der Waals surface area contributed by atoms with Crippen molar-refractivity contribution in [3.8, 4) is 0 Å². The first-order valence-electron chi connectivity index (χ1n) is 7.09. The number of fused-ring (bicyclic) bond motifs is 1. The average Bonchev–Trinajstić information content (AvgIpc) is 3.17. The first-order valence-corrected chi connectivity index (χ1v) is 8.35. The zero-order valence-corrected chi connectivity index (χ0v) is 12.9. The van der Waals surface area contributed by atoms with Crippen molar-refractivity contribution in [2.75, 3.05) is 11.4 Å². The number of carbonyl (C=O) groups excluding carboxylic acids is 1. The monoisotopic (exact) mass is 320 g/mol. The predicted octanol–water partition coefficient (Wildman–Crippen LogP) is 1.89. The number of benzene rings is 1. The van der Waals surface area contributed by atoms with Gasteiger partial charge in [-0.25, -0.2) is 9.88 Å². The molecule has 1 N–H and O–H groups in total. The largest absolute Gasteiger partial charge is 0.301 e. The Morgan fingerprint density at radius 2 is 2.33 bits per heavy atom. The summed E-state index contributed by atoms with van der Waals surface area (Å²) in [5.74, 6) is 0.197. The third kappa shape index (κ3) is 2.08. The van der Waals surface area contributed by atoms with Gasteiger partial charge in [-0.3, -0.25) is 4.79 Å². The van der Waals surface area contributed by atoms with E-state index in [0.29, 0.717) is 5.02 Å². The fourth-order valence-electron chi connectivity index (χ4n) is 3.52. The molecule has 0 aliphatic carbocycles. The highest BCUT2D eigenvalue weighted by Gasteiger charge is 2.54. The molecule has 2 aromatic rings. The molecule has 1 amide bonds. The molecule has 2 aliphatic heterocycles. The maximum absolute atomic E-state index is 12.8. The smallest absolute Gasteiger partial charge is 0.292 e. The number of carbonyl (C=O) groups is 1. The summed E-state index contributed by atoms with van der Waals surface area (Å²) in [7, 11) is 0. The van der Waals surface area contributed by atoms with Crippen LogP contribution in [0.1, 0.15) is 24.6 Å². The van der Waals surface area contributed by atoms with Crippen molar-refractivity contribution in [1.82, 2.24) is 4.98 Å². The Morgan fingerprint density at radius 3 is 3.10 bits per heavy atom. The number of rotatable bonds is 2. The number of quaternary nitrogens is 1. The molecule has 6 heteroatoms. The summed E-state index contributed by atoms with van der Waals surface area (Å²) in [5, 5.41) is 3.41. The lowest BCUT2D eigenvalue weighted by Crippen LogP contribution is -3.12. The van der Waals surface area contributed by atoms with E-state index in [-0.39, 0.29) is 18.1 Å². The van der Waals surface area contributed by atoms with E-state index in [9.17, 15) is 4.79 Å². The molecule has 21 heavy (non-hydrogen) atoms. The van der Waals surface area contributed by atoms with E-state index in [1.165, 1.54) is 16.2 Å². The van der Waals surface area contributed by atoms with E-state index in [0.717, 1.165) is 30.1 Å². The van der Waals surface area contributed by atoms with E-state index in [4.69, 9.17) is 11.6 Å². The minimum atomic E-state index is -0.00477. The van der Waals surface area contributed by atoms with E-state index >= 15 is 0 Å². The second-order valence-corrected chi connectivity index (χ2v) is 6.81. The second kappa shape index (κ2) is 5.09. The van der Waals surface area contributed by atoms with Crippen LogP contribution in [0.5, 0.6) is 0 Å². The Hall–Kier alpha value is -1.43. The van der Waals surface area contributed by atoms with E-state index in [1.807, 2.05) is 28.5 Å². The number of nitrogens with one attached hydrogen (secondary N) is 1. The molecule has 0 bridgehead atoms. The van der Waals surface area contributed by atoms with Crippen molar-refractivity contribution in [2.24, 2.45) is 0 Å². The molecule has 2 aliphatic rings. The van der Waals surface area contributed by atoms with Crippen LogP contribution in [-0.2, 0) is 4.79 Å². The lowest BCUT2D eigenvalue weighted by Gasteiger charge is -2.24. The molecule has 4 rings (SSSR count). The SMILES string of the molecule is O=C1C2CCC[NH+]2C(c2cccc(Cl)c2)N1c1nccs1. The van der Waals surface area contributed by atoms with Crippen LogP contribution in [0.2, 0.25) is 5.02 Å². The molecule has 1 aromatic heterocycles. The molecular formula is C15H15ClN3OS+. The maximum atomic E-state index is 12.8. The zero-order chi connectivity index (χ0) is 14.4. The summed E-state index contributed by atoms with van der Waals surface area (Å²) in [4.78, 5) is 20.3. The number of anilines is 1. The number of nitrogens with zero attached hydrogens (tertiary/aromatic N) is 2. The maximum Gasteiger partial charge on any atom is 0.292 e. The topological polar surface area (TPSA) is 37.6 Å². The van der Waals surface area contributed by atoms with Gasteiger partial charge >= 0.3 is 0 Å². The summed E-state index contributed by atoms with van der Waals surface area (Å²) < 4.78 is 0. The Labute approximate surface area is 132 Å². The number of hydrogen-bond donors (Lipinski definition) is 1. The fourth-order valence-corrected chi connectivity index (χ4v) is 4.39. The zero-order valence-electron chi connectivity index (χ0n) is 11.3. The van der Waals surface area contributed by atoms with Gasteiger partial charge in [0.05, 0.1) is 6.54 Å². The Kier molecular flexibility index (Phi) is 3.21. The molecule has 1 aromatic carbocycles. The van der Waals surface area contributed by atoms with Gasteiger partial charge < -0.3 is 4.90 Å². The number of amides is 1. The molecule has 0 radical (unpaired) electrons. The van der Waals surface area contributed by atoms with Crippen LogP contribution in [0.25, 0.3) is 0 Å². The van der Waals surface area contributed by atoms with Gasteiger partial charge in [0.15, 0.2) is 17.3 Å². The summed E-state index contributed by atoms with van der Waals surface area (Å²) in [6, 6.07) is 7.90. The quantitative estimate of drug-likeness (QED) is 0.917. The minimum Gasteiger partial charge on any atom is -0.301 e. The molecule has 2 saturated heterocycles. The van der Waals surface area contributed by atoms with Crippen LogP contribution in [0.3, 0.4) is 0 Å². The molecular weight excluding hydrogens is 306 g/mol. The highest BCUT2D eigenvalue weighted by atomic mass is 35.5. The van der Waals surface area contributed by atoms with Crippen LogP contribution in [0.4, 0.5) is 5.13 Å². The highest BCUT2D eigenvalue weighted by Crippen LogP contribution is 2.32. The molecule has 0 spiro atoms. The van der Waals surface area contributed by atoms with Gasteiger partial charge in [-0.15, -0.1) is 11.3 Å². The molecule has 2 fully saturated rings. The van der Waals surface area contributed by atoms with Gasteiger partial charge in [-0.05, 0) is 12.1 Å². The standard InChI is InChI=1S/C15H14ClN3OS/c16-11-4-1-3-10(9-11)13-18-7-2-5-12(18)14(20)19(13)15-17-6-8-21-15/h1,3-4,6,8-9,12-13H,2,5,7H2/p+1. The van der Waals surface area contributed by atoms with Crippen molar-refractivity contribution in [2.45, 2.75) is 25.0 Å². The van der Waals surface area contributed by atoms with Crippen molar-refractivity contribution in [3.63, 3.8) is 0 Å². The second-order valence-electron chi connectivity index (χ2n) is 5.50. The summed E-state index contributed by atoms with van der Waals surface area (Å²) in [5.41, 5.74) is 1.09. The van der Waals surface area contributed by atoms with Crippen molar-refractivity contribution < 1.29 is 9.69 Å². The number of thiazole rings is 1. The highest BCUT2D eigenvalue weighted by molar-refractivity contribution is 7.13. The first kappa shape index (κ1) is 13.2. The lowest BCUT2D eigenvalue weighted by molar-refractivity contribution is -0.924. The van der Waals surface area contributed by atoms with Crippen molar-refractivity contribution in [1.29, 1.82) is 0 Å². The van der Waals surface area contributed by atoms with Gasteiger partial charge in [0.1, 0.15) is 0 Å². The van der Waals surface area contributed by atoms with Gasteiger partial charge in [0, 0.05) is 35.0 Å². The van der Waals surface area contributed by atoms with Gasteiger partial charge in [-0.1, -0.05) is 23.7 Å². The average molecular weight is 321 g/mol. The predicted molar refractivity (Wildman–Crippen MR) is 82.6 cm³/mol. The van der Waals surface area contributed by atoms with Crippen LogP contribution in [-0.4, -0.2) is 23.5 Å². The van der Waals surface area contributed by atoms with Crippen LogP contribution >= 0.6 is 22.9 Å².